The summed E-state index contributed by atoms with van der Waals surface area (Å²) in [5, 5.41) is 2.80. The van der Waals surface area contributed by atoms with E-state index in [0.717, 1.165) is 18.8 Å². The van der Waals surface area contributed by atoms with Crippen LogP contribution in [0.5, 0.6) is 5.75 Å². The van der Waals surface area contributed by atoms with Crippen LogP contribution in [-0.2, 0) is 9.59 Å². The number of methoxy groups -OCH3 is 1. The molecule has 0 aliphatic carbocycles. The molecular weight excluding hydrogens is 342 g/mol. The molecule has 0 aliphatic heterocycles. The van der Waals surface area contributed by atoms with Crippen LogP contribution >= 0.6 is 0 Å². The third kappa shape index (κ3) is 5.48. The fraction of sp³-hybridized carbons (Fsp3) is 0.333. The first-order valence-electron chi connectivity index (χ1n) is 9.05. The van der Waals surface area contributed by atoms with Crippen LogP contribution < -0.4 is 19.9 Å². The van der Waals surface area contributed by atoms with Gasteiger partial charge in [0.15, 0.2) is 0 Å². The summed E-state index contributed by atoms with van der Waals surface area (Å²) in [6.45, 7) is 7.42. The molecule has 2 amide bonds. The van der Waals surface area contributed by atoms with Gasteiger partial charge >= 0.3 is 0 Å². The third-order valence-electron chi connectivity index (χ3n) is 4.33. The zero-order valence-corrected chi connectivity index (χ0v) is 16.4. The number of ether oxygens (including phenoxy) is 1. The Morgan fingerprint density at radius 2 is 1.63 bits per heavy atom. The van der Waals surface area contributed by atoms with Crippen LogP contribution in [0.3, 0.4) is 0 Å². The number of carbonyl (C=O) groups excluding carboxylic acids is 2. The van der Waals surface area contributed by atoms with Crippen LogP contribution in [0, 0.1) is 0 Å². The van der Waals surface area contributed by atoms with Gasteiger partial charge in [-0.2, -0.15) is 0 Å². The first-order chi connectivity index (χ1) is 13.0. The summed E-state index contributed by atoms with van der Waals surface area (Å²) in [4.78, 5) is 28.2. The zero-order valence-electron chi connectivity index (χ0n) is 16.4. The summed E-state index contributed by atoms with van der Waals surface area (Å²) < 4.78 is 5.15. The minimum Gasteiger partial charge on any atom is -0.497 e. The molecule has 2 aromatic carbocycles. The van der Waals surface area contributed by atoms with E-state index in [1.54, 1.807) is 31.4 Å². The van der Waals surface area contributed by atoms with Gasteiger partial charge in [-0.05, 0) is 50.2 Å². The van der Waals surface area contributed by atoms with Crippen molar-refractivity contribution < 1.29 is 14.3 Å². The second-order valence-corrected chi connectivity index (χ2v) is 6.07. The Kier molecular flexibility index (Phi) is 7.23. The predicted molar refractivity (Wildman–Crippen MR) is 110 cm³/mol. The van der Waals surface area contributed by atoms with Gasteiger partial charge in [-0.3, -0.25) is 9.59 Å². The van der Waals surface area contributed by atoms with Crippen molar-refractivity contribution in [3.05, 3.63) is 48.5 Å². The molecule has 0 unspecified atom stereocenters. The lowest BCUT2D eigenvalue weighted by molar-refractivity contribution is -0.120. The molecule has 0 spiro atoms. The first kappa shape index (κ1) is 20.3. The highest BCUT2D eigenvalue weighted by molar-refractivity contribution is 6.01. The fourth-order valence-corrected chi connectivity index (χ4v) is 2.86. The van der Waals surface area contributed by atoms with E-state index < -0.39 is 0 Å². The van der Waals surface area contributed by atoms with Crippen molar-refractivity contribution >= 4 is 28.9 Å². The lowest BCUT2D eigenvalue weighted by Crippen LogP contribution is -2.36. The van der Waals surface area contributed by atoms with Gasteiger partial charge in [0.05, 0.1) is 7.11 Å². The lowest BCUT2D eigenvalue weighted by Gasteiger charge is -2.24. The Balaban J connectivity index is 2.10. The van der Waals surface area contributed by atoms with Crippen LogP contribution in [-0.4, -0.2) is 38.6 Å². The Morgan fingerprint density at radius 1 is 1.00 bits per heavy atom. The van der Waals surface area contributed by atoms with Crippen LogP contribution in [0.15, 0.2) is 48.5 Å². The summed E-state index contributed by atoms with van der Waals surface area (Å²) >= 11 is 0. The molecule has 0 aliphatic rings. The summed E-state index contributed by atoms with van der Waals surface area (Å²) in [7, 11) is 1.57. The zero-order chi connectivity index (χ0) is 19.8. The molecule has 0 saturated carbocycles. The SMILES string of the molecule is CCN(CC)c1ccc(N(CC(=O)Nc2cccc(OC)c2)C(C)=O)cc1. The van der Waals surface area contributed by atoms with Crippen molar-refractivity contribution in [1.29, 1.82) is 0 Å². The number of hydrogen-bond acceptors (Lipinski definition) is 4. The van der Waals surface area contributed by atoms with Gasteiger partial charge in [-0.1, -0.05) is 6.07 Å². The van der Waals surface area contributed by atoms with E-state index in [1.807, 2.05) is 24.3 Å². The van der Waals surface area contributed by atoms with Crippen molar-refractivity contribution in [2.24, 2.45) is 0 Å². The molecule has 0 fully saturated rings. The van der Waals surface area contributed by atoms with Gasteiger partial charge in [0.2, 0.25) is 11.8 Å². The van der Waals surface area contributed by atoms with E-state index in [9.17, 15) is 9.59 Å². The Labute approximate surface area is 160 Å². The molecule has 2 aromatic rings. The normalized spacial score (nSPS) is 10.2. The summed E-state index contributed by atoms with van der Waals surface area (Å²) in [6.07, 6.45) is 0. The summed E-state index contributed by atoms with van der Waals surface area (Å²) in [5.41, 5.74) is 2.41. The number of nitrogens with zero attached hydrogens (tertiary/aromatic N) is 2. The topological polar surface area (TPSA) is 61.9 Å². The van der Waals surface area contributed by atoms with Crippen molar-refractivity contribution in [3.8, 4) is 5.75 Å². The van der Waals surface area contributed by atoms with E-state index >= 15 is 0 Å². The predicted octanol–water partition coefficient (Wildman–Crippen LogP) is 3.53. The second kappa shape index (κ2) is 9.62. The minimum absolute atomic E-state index is 0.0584. The molecule has 0 aromatic heterocycles. The quantitative estimate of drug-likeness (QED) is 0.773. The number of benzene rings is 2. The molecule has 27 heavy (non-hydrogen) atoms. The number of amides is 2. The van der Waals surface area contributed by atoms with Crippen molar-refractivity contribution in [3.63, 3.8) is 0 Å². The Bertz CT molecular complexity index is 770. The number of hydrogen-bond donors (Lipinski definition) is 1. The lowest BCUT2D eigenvalue weighted by atomic mass is 10.2. The molecule has 0 radical (unpaired) electrons. The van der Waals surface area contributed by atoms with E-state index in [4.69, 9.17) is 4.74 Å². The van der Waals surface area contributed by atoms with Crippen LogP contribution in [0.25, 0.3) is 0 Å². The van der Waals surface area contributed by atoms with Crippen molar-refractivity contribution in [1.82, 2.24) is 0 Å². The standard InChI is InChI=1S/C21H27N3O3/c1-5-23(6-2)18-10-12-19(13-11-18)24(16(3)25)15-21(26)22-17-8-7-9-20(14-17)27-4/h7-14H,5-6,15H2,1-4H3,(H,22,26). The largest absolute Gasteiger partial charge is 0.497 e. The van der Waals surface area contributed by atoms with E-state index in [-0.39, 0.29) is 18.4 Å². The number of carbonyl (C=O) groups is 2. The Morgan fingerprint density at radius 3 is 2.19 bits per heavy atom. The molecule has 0 saturated heterocycles. The van der Waals surface area contributed by atoms with Crippen LogP contribution in [0.1, 0.15) is 20.8 Å². The fourth-order valence-electron chi connectivity index (χ4n) is 2.86. The molecule has 6 heteroatoms. The smallest absolute Gasteiger partial charge is 0.244 e. The number of nitrogens with one attached hydrogen (secondary N) is 1. The average Bonchev–Trinajstić information content (AvgIpc) is 2.67. The monoisotopic (exact) mass is 369 g/mol. The van der Waals surface area contributed by atoms with Crippen LogP contribution in [0.2, 0.25) is 0 Å². The first-order valence-corrected chi connectivity index (χ1v) is 9.05. The maximum Gasteiger partial charge on any atom is 0.244 e. The molecular formula is C21H27N3O3. The highest BCUT2D eigenvalue weighted by Crippen LogP contribution is 2.21. The maximum absolute atomic E-state index is 12.4. The molecule has 2 rings (SSSR count). The van der Waals surface area contributed by atoms with Crippen molar-refractivity contribution in [2.45, 2.75) is 20.8 Å². The second-order valence-electron chi connectivity index (χ2n) is 6.07. The van der Waals surface area contributed by atoms with E-state index in [1.165, 1.54) is 11.8 Å². The van der Waals surface area contributed by atoms with Gasteiger partial charge in [0.1, 0.15) is 12.3 Å². The van der Waals surface area contributed by atoms with Gasteiger partial charge < -0.3 is 19.9 Å². The molecule has 6 nitrogen and oxygen atoms in total. The molecule has 1 N–H and O–H groups in total. The van der Waals surface area contributed by atoms with Gasteiger partial charge in [-0.25, -0.2) is 0 Å². The van der Waals surface area contributed by atoms with Gasteiger partial charge in [0, 0.05) is 43.1 Å². The van der Waals surface area contributed by atoms with E-state index in [0.29, 0.717) is 17.1 Å². The minimum atomic E-state index is -0.272. The summed E-state index contributed by atoms with van der Waals surface area (Å²) in [6, 6.07) is 14.8. The van der Waals surface area contributed by atoms with Gasteiger partial charge in [0.25, 0.3) is 0 Å². The molecule has 0 bridgehead atoms. The third-order valence-corrected chi connectivity index (χ3v) is 4.33. The Hall–Kier alpha value is -3.02. The molecule has 0 heterocycles. The van der Waals surface area contributed by atoms with Crippen LogP contribution in [0.4, 0.5) is 17.1 Å². The highest BCUT2D eigenvalue weighted by atomic mass is 16.5. The molecule has 0 atom stereocenters. The maximum atomic E-state index is 12.4. The highest BCUT2D eigenvalue weighted by Gasteiger charge is 2.16. The van der Waals surface area contributed by atoms with Crippen molar-refractivity contribution in [2.75, 3.05) is 41.9 Å². The number of rotatable bonds is 8. The summed E-state index contributed by atoms with van der Waals surface area (Å²) in [5.74, 6) is 0.195. The van der Waals surface area contributed by atoms with E-state index in [2.05, 4.69) is 24.1 Å². The van der Waals surface area contributed by atoms with Gasteiger partial charge in [-0.15, -0.1) is 0 Å². The average molecular weight is 369 g/mol. The molecule has 144 valence electrons. The number of anilines is 3.